The minimum Gasteiger partial charge on any atom is -0.366 e. The van der Waals surface area contributed by atoms with E-state index < -0.39 is 0 Å². The molecule has 3 heteroatoms. The number of rotatable bonds is 4. The smallest absolute Gasteiger partial charge is 0.179 e. The number of hydrogen-bond donors (Lipinski definition) is 1. The molecule has 1 unspecified atom stereocenters. The molecule has 0 spiro atoms. The number of carbonyl (C=O) groups is 1. The summed E-state index contributed by atoms with van der Waals surface area (Å²) in [6, 6.07) is 6.63. The van der Waals surface area contributed by atoms with Gasteiger partial charge in [0.25, 0.3) is 0 Å². The third kappa shape index (κ3) is 3.35. The summed E-state index contributed by atoms with van der Waals surface area (Å²) >= 11 is 0. The van der Waals surface area contributed by atoms with Crippen LogP contribution in [0.4, 0.5) is 0 Å². The Morgan fingerprint density at radius 1 is 0.966 bits per heavy atom. The molecule has 29 heavy (non-hydrogen) atoms. The highest BCUT2D eigenvalue weighted by molar-refractivity contribution is 6.07. The Morgan fingerprint density at radius 3 is 2.24 bits per heavy atom. The molecule has 1 aromatic carbocycles. The van der Waals surface area contributed by atoms with E-state index in [9.17, 15) is 4.79 Å². The van der Waals surface area contributed by atoms with Crippen LogP contribution in [0.2, 0.25) is 0 Å². The Kier molecular flexibility index (Phi) is 4.99. The van der Waals surface area contributed by atoms with E-state index in [2.05, 4.69) is 57.3 Å². The van der Waals surface area contributed by atoms with E-state index in [-0.39, 0.29) is 11.9 Å². The number of nitrogens with zero attached hydrogens (tertiary/aromatic N) is 1. The van der Waals surface area contributed by atoms with E-state index in [0.717, 1.165) is 22.3 Å². The molecule has 4 rings (SSSR count). The first-order valence-corrected chi connectivity index (χ1v) is 10.4. The standard InChI is InChI=1S/C26H28N2O/c1-15(2)19-8-6-9-20(16(3)4)24(19)23-14-21-17(5)12-18(29)13-22(21)25(23)26-27-10-7-11-28-26/h6-16,26-27H,1-5H3. The van der Waals surface area contributed by atoms with Crippen LogP contribution in [0.15, 0.2) is 76.0 Å². The number of aliphatic imine (C=N–C) groups is 1. The van der Waals surface area contributed by atoms with Crippen LogP contribution in [-0.4, -0.2) is 18.2 Å². The summed E-state index contributed by atoms with van der Waals surface area (Å²) in [6.45, 7) is 11.0. The van der Waals surface area contributed by atoms with Crippen LogP contribution in [0, 0.1) is 0 Å². The lowest BCUT2D eigenvalue weighted by molar-refractivity contribution is -0.110. The molecular formula is C26H28N2O. The van der Waals surface area contributed by atoms with Crippen LogP contribution in [0.5, 0.6) is 0 Å². The summed E-state index contributed by atoms with van der Waals surface area (Å²) < 4.78 is 0. The van der Waals surface area contributed by atoms with E-state index in [0.29, 0.717) is 11.8 Å². The van der Waals surface area contributed by atoms with E-state index in [1.807, 2.05) is 25.4 Å². The van der Waals surface area contributed by atoms with Crippen molar-refractivity contribution in [2.75, 3.05) is 0 Å². The molecule has 1 aliphatic heterocycles. The topological polar surface area (TPSA) is 41.5 Å². The van der Waals surface area contributed by atoms with Gasteiger partial charge in [-0.15, -0.1) is 0 Å². The van der Waals surface area contributed by atoms with Gasteiger partial charge in [0, 0.05) is 11.8 Å². The minimum absolute atomic E-state index is 0.0463. The lowest BCUT2D eigenvalue weighted by atomic mass is 9.83. The molecule has 0 saturated carbocycles. The first-order chi connectivity index (χ1) is 13.9. The lowest BCUT2D eigenvalue weighted by Gasteiger charge is -2.25. The fourth-order valence-corrected chi connectivity index (χ4v) is 4.44. The molecule has 0 fully saturated rings. The number of benzene rings is 1. The van der Waals surface area contributed by atoms with Crippen molar-refractivity contribution in [2.45, 2.75) is 52.6 Å². The van der Waals surface area contributed by atoms with Gasteiger partial charge in [-0.05, 0) is 88.2 Å². The predicted molar refractivity (Wildman–Crippen MR) is 121 cm³/mol. The molecule has 0 radical (unpaired) electrons. The van der Waals surface area contributed by atoms with Gasteiger partial charge in [-0.3, -0.25) is 9.79 Å². The maximum atomic E-state index is 12.4. The largest absolute Gasteiger partial charge is 0.366 e. The number of nitrogens with one attached hydrogen (secondary N) is 1. The van der Waals surface area contributed by atoms with Gasteiger partial charge >= 0.3 is 0 Å². The van der Waals surface area contributed by atoms with Gasteiger partial charge in [0.1, 0.15) is 6.17 Å². The molecule has 0 saturated heterocycles. The van der Waals surface area contributed by atoms with E-state index >= 15 is 0 Å². The second-order valence-corrected chi connectivity index (χ2v) is 8.52. The number of fused-ring (bicyclic) bond motifs is 1. The summed E-state index contributed by atoms with van der Waals surface area (Å²) in [4.78, 5) is 17.1. The first-order valence-electron chi connectivity index (χ1n) is 10.4. The van der Waals surface area contributed by atoms with Crippen molar-refractivity contribution in [3.8, 4) is 0 Å². The van der Waals surface area contributed by atoms with Gasteiger partial charge in [-0.2, -0.15) is 0 Å². The Bertz CT molecular complexity index is 1030. The molecule has 1 heterocycles. The van der Waals surface area contributed by atoms with Crippen molar-refractivity contribution in [1.29, 1.82) is 0 Å². The highest BCUT2D eigenvalue weighted by atomic mass is 16.1. The molecule has 2 aliphatic carbocycles. The Balaban J connectivity index is 2.03. The fourth-order valence-electron chi connectivity index (χ4n) is 4.44. The summed E-state index contributed by atoms with van der Waals surface area (Å²) in [5, 5.41) is 3.38. The molecule has 1 N–H and O–H groups in total. The van der Waals surface area contributed by atoms with E-state index in [1.165, 1.54) is 22.3 Å². The van der Waals surface area contributed by atoms with Crippen molar-refractivity contribution in [1.82, 2.24) is 5.32 Å². The summed E-state index contributed by atoms with van der Waals surface area (Å²) in [5.41, 5.74) is 9.40. The molecule has 1 atom stereocenters. The van der Waals surface area contributed by atoms with Gasteiger partial charge in [0.05, 0.1) is 0 Å². The van der Waals surface area contributed by atoms with E-state index in [1.54, 1.807) is 12.2 Å². The van der Waals surface area contributed by atoms with Gasteiger partial charge in [-0.1, -0.05) is 45.9 Å². The van der Waals surface area contributed by atoms with Gasteiger partial charge in [-0.25, -0.2) is 0 Å². The number of ketones is 1. The second kappa shape index (κ2) is 7.47. The van der Waals surface area contributed by atoms with Crippen molar-refractivity contribution in [3.05, 3.63) is 87.7 Å². The number of carbonyl (C=O) groups excluding carboxylic acids is 1. The zero-order valence-electron chi connectivity index (χ0n) is 17.8. The van der Waals surface area contributed by atoms with Crippen LogP contribution >= 0.6 is 0 Å². The van der Waals surface area contributed by atoms with Crippen LogP contribution < -0.4 is 5.32 Å². The SMILES string of the molecule is CC1=CC(=O)C=C2C1=CC(c1c(C(C)C)cccc1C(C)C)=C2C1N=CC=CN1. The Labute approximate surface area is 173 Å². The third-order valence-electron chi connectivity index (χ3n) is 5.82. The molecule has 1 aromatic rings. The van der Waals surface area contributed by atoms with Gasteiger partial charge in [0.15, 0.2) is 5.78 Å². The zero-order valence-corrected chi connectivity index (χ0v) is 17.8. The zero-order chi connectivity index (χ0) is 20.7. The van der Waals surface area contributed by atoms with Crippen LogP contribution in [0.3, 0.4) is 0 Å². The monoisotopic (exact) mass is 384 g/mol. The quantitative estimate of drug-likeness (QED) is 0.734. The second-order valence-electron chi connectivity index (χ2n) is 8.52. The molecule has 3 aliphatic rings. The highest BCUT2D eigenvalue weighted by Gasteiger charge is 2.33. The predicted octanol–water partition coefficient (Wildman–Crippen LogP) is 5.60. The molecule has 0 bridgehead atoms. The van der Waals surface area contributed by atoms with E-state index in [4.69, 9.17) is 4.99 Å². The molecule has 148 valence electrons. The van der Waals surface area contributed by atoms with Crippen molar-refractivity contribution in [3.63, 3.8) is 0 Å². The van der Waals surface area contributed by atoms with Crippen molar-refractivity contribution >= 4 is 17.6 Å². The summed E-state index contributed by atoms with van der Waals surface area (Å²) in [7, 11) is 0. The maximum absolute atomic E-state index is 12.4. The molecular weight excluding hydrogens is 356 g/mol. The van der Waals surface area contributed by atoms with Crippen LogP contribution in [0.1, 0.15) is 63.1 Å². The highest BCUT2D eigenvalue weighted by Crippen LogP contribution is 2.46. The molecule has 3 nitrogen and oxygen atoms in total. The average molecular weight is 385 g/mol. The molecule has 0 amide bonds. The van der Waals surface area contributed by atoms with Gasteiger partial charge in [0.2, 0.25) is 0 Å². The summed E-state index contributed by atoms with van der Waals surface area (Å²) in [5.74, 6) is 0.840. The minimum atomic E-state index is -0.200. The number of hydrogen-bond acceptors (Lipinski definition) is 3. The van der Waals surface area contributed by atoms with Crippen molar-refractivity contribution in [2.24, 2.45) is 4.99 Å². The fraction of sp³-hybridized carbons (Fsp3) is 0.308. The normalized spacial score (nSPS) is 20.7. The third-order valence-corrected chi connectivity index (χ3v) is 5.82. The lowest BCUT2D eigenvalue weighted by Crippen LogP contribution is -2.28. The maximum Gasteiger partial charge on any atom is 0.179 e. The summed E-state index contributed by atoms with van der Waals surface area (Å²) in [6.07, 6.45) is 11.2. The van der Waals surface area contributed by atoms with Gasteiger partial charge < -0.3 is 5.32 Å². The Morgan fingerprint density at radius 2 is 1.66 bits per heavy atom. The van der Waals surface area contributed by atoms with Crippen molar-refractivity contribution < 1.29 is 4.79 Å². The first kappa shape index (κ1) is 19.4. The van der Waals surface area contributed by atoms with Crippen LogP contribution in [0.25, 0.3) is 5.57 Å². The number of allylic oxidation sites excluding steroid dienone is 7. The van der Waals surface area contributed by atoms with Crippen LogP contribution in [-0.2, 0) is 4.79 Å². The molecule has 0 aromatic heterocycles. The average Bonchev–Trinajstić information content (AvgIpc) is 3.07. The Hall–Kier alpha value is -2.94.